The van der Waals surface area contributed by atoms with Gasteiger partial charge in [0.1, 0.15) is 17.2 Å². The molecule has 5 nitrogen and oxygen atoms in total. The van der Waals surface area contributed by atoms with Gasteiger partial charge in [-0.2, -0.15) is 0 Å². The first-order chi connectivity index (χ1) is 13.6. The Morgan fingerprint density at radius 2 is 1.82 bits per heavy atom. The van der Waals surface area contributed by atoms with E-state index in [1.54, 1.807) is 6.92 Å². The van der Waals surface area contributed by atoms with E-state index < -0.39 is 6.10 Å². The van der Waals surface area contributed by atoms with Gasteiger partial charge in [-0.25, -0.2) is 9.37 Å². The smallest absolute Gasteiger partial charge is 0.265 e. The highest BCUT2D eigenvalue weighted by molar-refractivity contribution is 5.97. The van der Waals surface area contributed by atoms with Crippen molar-refractivity contribution in [1.29, 1.82) is 0 Å². The van der Waals surface area contributed by atoms with Crippen LogP contribution in [0.5, 0.6) is 5.75 Å². The minimum absolute atomic E-state index is 0.305. The summed E-state index contributed by atoms with van der Waals surface area (Å²) in [6, 6.07) is 18.8. The lowest BCUT2D eigenvalue weighted by molar-refractivity contribution is -0.122. The van der Waals surface area contributed by atoms with Crippen LogP contribution in [0.1, 0.15) is 6.92 Å². The highest BCUT2D eigenvalue weighted by Gasteiger charge is 2.17. The van der Waals surface area contributed by atoms with E-state index in [0.29, 0.717) is 11.4 Å². The summed E-state index contributed by atoms with van der Waals surface area (Å²) in [5, 5.41) is 2.90. The lowest BCUT2D eigenvalue weighted by atomic mass is 10.1. The fraction of sp³-hybridized carbons (Fsp3) is 0.0909. The van der Waals surface area contributed by atoms with Crippen LogP contribution < -0.4 is 10.1 Å². The Bertz CT molecular complexity index is 1090. The highest BCUT2D eigenvalue weighted by Crippen LogP contribution is 2.27. The minimum atomic E-state index is -0.750. The number of nitrogens with one attached hydrogen (secondary N) is 1. The molecule has 1 unspecified atom stereocenters. The molecule has 2 aromatic heterocycles. The summed E-state index contributed by atoms with van der Waals surface area (Å²) in [5.41, 5.74) is 3.04. The minimum Gasteiger partial charge on any atom is -0.481 e. The van der Waals surface area contributed by atoms with Crippen molar-refractivity contribution in [2.24, 2.45) is 0 Å². The molecule has 0 aliphatic rings. The molecule has 0 fully saturated rings. The Balaban J connectivity index is 1.54. The number of para-hydroxylation sites is 1. The number of pyridine rings is 1. The number of halogens is 1. The van der Waals surface area contributed by atoms with Gasteiger partial charge in [0.25, 0.3) is 5.91 Å². The van der Waals surface area contributed by atoms with Crippen LogP contribution in [0.15, 0.2) is 79.1 Å². The average Bonchev–Trinajstić information content (AvgIpc) is 3.14. The summed E-state index contributed by atoms with van der Waals surface area (Å²) < 4.78 is 20.5. The van der Waals surface area contributed by atoms with Gasteiger partial charge >= 0.3 is 0 Å². The van der Waals surface area contributed by atoms with Gasteiger partial charge in [0.15, 0.2) is 6.10 Å². The number of carbonyl (C=O) groups is 1. The van der Waals surface area contributed by atoms with Crippen molar-refractivity contribution in [3.8, 4) is 17.0 Å². The molecule has 0 aliphatic heterocycles. The van der Waals surface area contributed by atoms with E-state index in [-0.39, 0.29) is 11.7 Å². The maximum absolute atomic E-state index is 13.0. The lowest BCUT2D eigenvalue weighted by Crippen LogP contribution is -2.30. The number of fused-ring (bicyclic) bond motifs is 1. The number of aromatic nitrogens is 2. The van der Waals surface area contributed by atoms with Gasteiger partial charge in [-0.3, -0.25) is 4.79 Å². The molecule has 0 spiro atoms. The van der Waals surface area contributed by atoms with Gasteiger partial charge in [-0.15, -0.1) is 0 Å². The van der Waals surface area contributed by atoms with Crippen LogP contribution in [0.2, 0.25) is 0 Å². The molecule has 0 radical (unpaired) electrons. The van der Waals surface area contributed by atoms with E-state index in [0.717, 1.165) is 16.9 Å². The van der Waals surface area contributed by atoms with Gasteiger partial charge in [-0.1, -0.05) is 24.3 Å². The molecule has 1 atom stereocenters. The number of hydrogen-bond donors (Lipinski definition) is 1. The van der Waals surface area contributed by atoms with E-state index in [1.807, 2.05) is 59.3 Å². The number of anilines is 1. The maximum Gasteiger partial charge on any atom is 0.265 e. The zero-order valence-corrected chi connectivity index (χ0v) is 15.2. The number of rotatable bonds is 5. The molecule has 28 heavy (non-hydrogen) atoms. The Morgan fingerprint density at radius 1 is 1.07 bits per heavy atom. The van der Waals surface area contributed by atoms with E-state index in [2.05, 4.69) is 10.3 Å². The predicted molar refractivity (Wildman–Crippen MR) is 106 cm³/mol. The Hall–Kier alpha value is -3.67. The molecule has 140 valence electrons. The monoisotopic (exact) mass is 375 g/mol. The zero-order chi connectivity index (χ0) is 19.5. The number of benzene rings is 2. The second-order valence-corrected chi connectivity index (χ2v) is 6.34. The normalized spacial score (nSPS) is 11.9. The first kappa shape index (κ1) is 17.7. The van der Waals surface area contributed by atoms with Crippen LogP contribution in [0, 0.1) is 5.82 Å². The summed E-state index contributed by atoms with van der Waals surface area (Å²) in [4.78, 5) is 17.2. The van der Waals surface area contributed by atoms with E-state index in [4.69, 9.17) is 4.74 Å². The number of carbonyl (C=O) groups excluding carboxylic acids is 1. The average molecular weight is 375 g/mol. The van der Waals surface area contributed by atoms with Crippen LogP contribution in [0.3, 0.4) is 0 Å². The third kappa shape index (κ3) is 3.71. The van der Waals surface area contributed by atoms with Gasteiger partial charge in [-0.05, 0) is 49.4 Å². The number of hydrogen-bond acceptors (Lipinski definition) is 3. The first-order valence-corrected chi connectivity index (χ1v) is 8.86. The quantitative estimate of drug-likeness (QED) is 0.557. The largest absolute Gasteiger partial charge is 0.481 e. The molecule has 4 rings (SSSR count). The third-order valence-electron chi connectivity index (χ3n) is 4.32. The van der Waals surface area contributed by atoms with Gasteiger partial charge < -0.3 is 14.5 Å². The zero-order valence-electron chi connectivity index (χ0n) is 15.2. The molecular weight excluding hydrogens is 357 g/mol. The van der Waals surface area contributed by atoms with E-state index in [9.17, 15) is 9.18 Å². The highest BCUT2D eigenvalue weighted by atomic mass is 19.1. The van der Waals surface area contributed by atoms with Crippen LogP contribution in [-0.2, 0) is 4.79 Å². The standard InChI is InChI=1S/C22H18FN3O2/c1-15(28-17-11-9-16(23)10-12-17)22(27)25-19-7-3-2-6-18(19)20-14-26-13-5-4-8-21(26)24-20/h2-15H,1H3,(H,25,27). The van der Waals surface area contributed by atoms with Crippen molar-refractivity contribution in [2.45, 2.75) is 13.0 Å². The van der Waals surface area contributed by atoms with Crippen LogP contribution in [-0.4, -0.2) is 21.4 Å². The molecule has 6 heteroatoms. The molecular formula is C22H18FN3O2. The van der Waals surface area contributed by atoms with Crippen LogP contribution in [0.4, 0.5) is 10.1 Å². The number of nitrogens with zero attached hydrogens (tertiary/aromatic N) is 2. The number of imidazole rings is 1. The Labute approximate surface area is 161 Å². The van der Waals surface area contributed by atoms with Gasteiger partial charge in [0.05, 0.1) is 11.4 Å². The van der Waals surface area contributed by atoms with E-state index >= 15 is 0 Å². The summed E-state index contributed by atoms with van der Waals surface area (Å²) in [5.74, 6) is -0.232. The van der Waals surface area contributed by atoms with Gasteiger partial charge in [0.2, 0.25) is 0 Å². The van der Waals surface area contributed by atoms with Crippen molar-refractivity contribution in [3.05, 3.63) is 84.9 Å². The predicted octanol–water partition coefficient (Wildman–Crippen LogP) is 4.55. The molecule has 2 aromatic carbocycles. The van der Waals surface area contributed by atoms with Crippen LogP contribution in [0.25, 0.3) is 16.9 Å². The second kappa shape index (κ2) is 7.52. The SMILES string of the molecule is CC(Oc1ccc(F)cc1)C(=O)Nc1ccccc1-c1cn2ccccc2n1. The van der Waals surface area contributed by atoms with Gasteiger partial charge in [0, 0.05) is 18.0 Å². The molecule has 1 N–H and O–H groups in total. The van der Waals surface area contributed by atoms with Crippen molar-refractivity contribution in [3.63, 3.8) is 0 Å². The number of ether oxygens (including phenoxy) is 1. The summed E-state index contributed by atoms with van der Waals surface area (Å²) >= 11 is 0. The Morgan fingerprint density at radius 3 is 2.61 bits per heavy atom. The molecule has 0 saturated carbocycles. The molecule has 2 heterocycles. The fourth-order valence-electron chi connectivity index (χ4n) is 2.89. The molecule has 0 bridgehead atoms. The fourth-order valence-corrected chi connectivity index (χ4v) is 2.89. The molecule has 1 amide bonds. The molecule has 4 aromatic rings. The topological polar surface area (TPSA) is 55.6 Å². The molecule has 0 saturated heterocycles. The van der Waals surface area contributed by atoms with Crippen LogP contribution >= 0.6 is 0 Å². The summed E-state index contributed by atoms with van der Waals surface area (Å²) in [7, 11) is 0. The lowest BCUT2D eigenvalue weighted by Gasteiger charge is -2.16. The summed E-state index contributed by atoms with van der Waals surface area (Å²) in [6.07, 6.45) is 3.09. The van der Waals surface area contributed by atoms with Crippen molar-refractivity contribution in [1.82, 2.24) is 9.38 Å². The number of amides is 1. The van der Waals surface area contributed by atoms with Crippen molar-refractivity contribution in [2.75, 3.05) is 5.32 Å². The second-order valence-electron chi connectivity index (χ2n) is 6.34. The maximum atomic E-state index is 13.0. The van der Waals surface area contributed by atoms with E-state index in [1.165, 1.54) is 24.3 Å². The third-order valence-corrected chi connectivity index (χ3v) is 4.32. The first-order valence-electron chi connectivity index (χ1n) is 8.86. The Kier molecular flexibility index (Phi) is 4.76. The van der Waals surface area contributed by atoms with Crippen molar-refractivity contribution < 1.29 is 13.9 Å². The van der Waals surface area contributed by atoms with Crippen molar-refractivity contribution >= 4 is 17.2 Å². The summed E-state index contributed by atoms with van der Waals surface area (Å²) in [6.45, 7) is 1.65. The molecule has 0 aliphatic carbocycles.